The molecule has 3 atom stereocenters. The highest BCUT2D eigenvalue weighted by atomic mass is 15.0. The van der Waals surface area contributed by atoms with Gasteiger partial charge >= 0.3 is 0 Å². The molecule has 2 aromatic carbocycles. The molecule has 2 aromatic rings. The second kappa shape index (κ2) is 5.10. The highest BCUT2D eigenvalue weighted by Gasteiger charge is 2.32. The zero-order valence-corrected chi connectivity index (χ0v) is 12.5. The fourth-order valence-corrected chi connectivity index (χ4v) is 3.86. The van der Waals surface area contributed by atoms with Gasteiger partial charge in [0.1, 0.15) is 0 Å². The summed E-state index contributed by atoms with van der Waals surface area (Å²) in [6, 6.07) is 18.5. The molecule has 2 N–H and O–H groups in total. The van der Waals surface area contributed by atoms with Gasteiger partial charge in [0.15, 0.2) is 0 Å². The van der Waals surface area contributed by atoms with E-state index < -0.39 is 0 Å². The monoisotopic (exact) mass is 278 g/mol. The van der Waals surface area contributed by atoms with Crippen molar-refractivity contribution in [2.45, 2.75) is 38.3 Å². The molecule has 0 spiro atoms. The lowest BCUT2D eigenvalue weighted by Crippen LogP contribution is -2.48. The van der Waals surface area contributed by atoms with Crippen molar-refractivity contribution >= 4 is 11.4 Å². The van der Waals surface area contributed by atoms with Gasteiger partial charge in [0.05, 0.1) is 0 Å². The number of nitrogens with one attached hydrogen (secondary N) is 2. The van der Waals surface area contributed by atoms with Crippen LogP contribution in [-0.4, -0.2) is 12.1 Å². The van der Waals surface area contributed by atoms with Crippen LogP contribution in [0, 0.1) is 5.92 Å². The summed E-state index contributed by atoms with van der Waals surface area (Å²) in [7, 11) is 0. The first-order valence-corrected chi connectivity index (χ1v) is 8.00. The normalized spacial score (nSPS) is 27.0. The van der Waals surface area contributed by atoms with Gasteiger partial charge in [-0.1, -0.05) is 43.3 Å². The molecule has 108 valence electrons. The van der Waals surface area contributed by atoms with E-state index in [1.165, 1.54) is 41.8 Å². The first kappa shape index (κ1) is 12.8. The van der Waals surface area contributed by atoms with Gasteiger partial charge in [-0.15, -0.1) is 0 Å². The largest absolute Gasteiger partial charge is 0.380 e. The van der Waals surface area contributed by atoms with Crippen molar-refractivity contribution in [2.24, 2.45) is 5.92 Å². The van der Waals surface area contributed by atoms with E-state index in [0.29, 0.717) is 18.0 Å². The number of benzene rings is 2. The number of hydrogen-bond acceptors (Lipinski definition) is 2. The van der Waals surface area contributed by atoms with Gasteiger partial charge in [0.2, 0.25) is 0 Å². The van der Waals surface area contributed by atoms with E-state index in [2.05, 4.69) is 66.1 Å². The topological polar surface area (TPSA) is 24.1 Å². The van der Waals surface area contributed by atoms with Crippen LogP contribution in [0.5, 0.6) is 0 Å². The van der Waals surface area contributed by atoms with E-state index in [4.69, 9.17) is 0 Å². The van der Waals surface area contributed by atoms with Crippen LogP contribution in [0.1, 0.15) is 24.5 Å². The molecule has 0 radical (unpaired) electrons. The molecule has 2 heterocycles. The smallest absolute Gasteiger partial charge is 0.0491 e. The predicted octanol–water partition coefficient (Wildman–Crippen LogP) is 4.09. The molecular weight excluding hydrogens is 256 g/mol. The first-order valence-electron chi connectivity index (χ1n) is 8.00. The highest BCUT2D eigenvalue weighted by Crippen LogP contribution is 2.34. The number of anilines is 2. The van der Waals surface area contributed by atoms with Crippen LogP contribution in [-0.2, 0) is 12.8 Å². The SMILES string of the molecule is CC1Cc2ccccc2NC1C1CCc2ccccc2N1. The molecule has 2 aliphatic rings. The van der Waals surface area contributed by atoms with E-state index in [1.54, 1.807) is 0 Å². The zero-order chi connectivity index (χ0) is 14.2. The van der Waals surface area contributed by atoms with Crippen molar-refractivity contribution in [3.8, 4) is 0 Å². The van der Waals surface area contributed by atoms with Crippen LogP contribution in [0.2, 0.25) is 0 Å². The van der Waals surface area contributed by atoms with Crippen LogP contribution in [0.4, 0.5) is 11.4 Å². The summed E-state index contributed by atoms with van der Waals surface area (Å²) >= 11 is 0. The molecule has 3 unspecified atom stereocenters. The second-order valence-corrected chi connectivity index (χ2v) is 6.46. The quantitative estimate of drug-likeness (QED) is 0.821. The summed E-state index contributed by atoms with van der Waals surface area (Å²) in [5.41, 5.74) is 5.55. The molecular formula is C19H22N2. The number of para-hydroxylation sites is 2. The van der Waals surface area contributed by atoms with Crippen molar-refractivity contribution in [3.05, 3.63) is 59.7 Å². The van der Waals surface area contributed by atoms with Gasteiger partial charge in [-0.05, 0) is 48.4 Å². The van der Waals surface area contributed by atoms with E-state index in [-0.39, 0.29) is 0 Å². The van der Waals surface area contributed by atoms with Crippen molar-refractivity contribution in [2.75, 3.05) is 10.6 Å². The van der Waals surface area contributed by atoms with Gasteiger partial charge in [0, 0.05) is 23.5 Å². The minimum Gasteiger partial charge on any atom is -0.380 e. The lowest BCUT2D eigenvalue weighted by molar-refractivity contribution is 0.398. The third kappa shape index (κ3) is 2.29. The Labute approximate surface area is 126 Å². The summed E-state index contributed by atoms with van der Waals surface area (Å²) in [4.78, 5) is 0. The third-order valence-electron chi connectivity index (χ3n) is 5.01. The summed E-state index contributed by atoms with van der Waals surface area (Å²) in [5, 5.41) is 7.55. The molecule has 2 aliphatic heterocycles. The molecule has 4 rings (SSSR count). The molecule has 2 nitrogen and oxygen atoms in total. The Bertz CT molecular complexity index is 650. The zero-order valence-electron chi connectivity index (χ0n) is 12.5. The first-order chi connectivity index (χ1) is 10.3. The minimum atomic E-state index is 0.508. The predicted molar refractivity (Wildman–Crippen MR) is 88.9 cm³/mol. The molecule has 0 aromatic heterocycles. The minimum absolute atomic E-state index is 0.508. The molecule has 0 amide bonds. The van der Waals surface area contributed by atoms with Crippen LogP contribution >= 0.6 is 0 Å². The van der Waals surface area contributed by atoms with Gasteiger partial charge in [0.25, 0.3) is 0 Å². The summed E-state index contributed by atoms with van der Waals surface area (Å²) in [5.74, 6) is 0.655. The van der Waals surface area contributed by atoms with E-state index in [0.717, 1.165) is 0 Å². The summed E-state index contributed by atoms with van der Waals surface area (Å²) in [6.45, 7) is 2.37. The Morgan fingerprint density at radius 2 is 1.52 bits per heavy atom. The van der Waals surface area contributed by atoms with Gasteiger partial charge < -0.3 is 10.6 Å². The van der Waals surface area contributed by atoms with Crippen molar-refractivity contribution in [3.63, 3.8) is 0 Å². The second-order valence-electron chi connectivity index (χ2n) is 6.46. The Kier molecular flexibility index (Phi) is 3.10. The lowest BCUT2D eigenvalue weighted by atomic mass is 9.81. The molecule has 21 heavy (non-hydrogen) atoms. The molecule has 0 fully saturated rings. The lowest BCUT2D eigenvalue weighted by Gasteiger charge is -2.40. The molecule has 2 heteroatoms. The van der Waals surface area contributed by atoms with Gasteiger partial charge in [-0.25, -0.2) is 0 Å². The van der Waals surface area contributed by atoms with Crippen molar-refractivity contribution in [1.82, 2.24) is 0 Å². The Morgan fingerprint density at radius 3 is 2.33 bits per heavy atom. The molecule has 0 saturated heterocycles. The van der Waals surface area contributed by atoms with E-state index >= 15 is 0 Å². The Hall–Kier alpha value is -1.96. The van der Waals surface area contributed by atoms with Crippen molar-refractivity contribution in [1.29, 1.82) is 0 Å². The maximum absolute atomic E-state index is 3.78. The van der Waals surface area contributed by atoms with Gasteiger partial charge in [-0.2, -0.15) is 0 Å². The summed E-state index contributed by atoms with van der Waals surface area (Å²) in [6.07, 6.45) is 3.56. The van der Waals surface area contributed by atoms with Crippen LogP contribution < -0.4 is 10.6 Å². The van der Waals surface area contributed by atoms with Crippen LogP contribution in [0.3, 0.4) is 0 Å². The molecule has 0 bridgehead atoms. The number of hydrogen-bond donors (Lipinski definition) is 2. The number of rotatable bonds is 1. The van der Waals surface area contributed by atoms with Crippen molar-refractivity contribution < 1.29 is 0 Å². The van der Waals surface area contributed by atoms with Crippen LogP contribution in [0.15, 0.2) is 48.5 Å². The van der Waals surface area contributed by atoms with Gasteiger partial charge in [-0.3, -0.25) is 0 Å². The number of aryl methyl sites for hydroxylation is 1. The highest BCUT2D eigenvalue weighted by molar-refractivity contribution is 5.57. The fourth-order valence-electron chi connectivity index (χ4n) is 3.86. The maximum atomic E-state index is 3.78. The van der Waals surface area contributed by atoms with Crippen LogP contribution in [0.25, 0.3) is 0 Å². The fraction of sp³-hybridized carbons (Fsp3) is 0.368. The Morgan fingerprint density at radius 1 is 0.857 bits per heavy atom. The standard InChI is InChI=1S/C19H22N2/c1-13-12-15-7-3-5-9-17(15)21-19(13)18-11-10-14-6-2-4-8-16(14)20-18/h2-9,13,18-21H,10-12H2,1H3. The third-order valence-corrected chi connectivity index (χ3v) is 5.01. The average molecular weight is 278 g/mol. The average Bonchev–Trinajstić information content (AvgIpc) is 2.54. The molecule has 0 aliphatic carbocycles. The maximum Gasteiger partial charge on any atom is 0.0491 e. The number of fused-ring (bicyclic) bond motifs is 2. The summed E-state index contributed by atoms with van der Waals surface area (Å²) < 4.78 is 0. The van der Waals surface area contributed by atoms with E-state index in [9.17, 15) is 0 Å². The molecule has 0 saturated carbocycles. The Balaban J connectivity index is 1.58. The van der Waals surface area contributed by atoms with E-state index in [1.807, 2.05) is 0 Å².